The van der Waals surface area contributed by atoms with E-state index in [0.717, 1.165) is 6.07 Å². The molecule has 1 heterocycles. The summed E-state index contributed by atoms with van der Waals surface area (Å²) in [6.45, 7) is 1.08. The number of carbonyl (C=O) groups is 1. The molecule has 0 aliphatic carbocycles. The Hall–Kier alpha value is -2.59. The number of halogens is 3. The van der Waals surface area contributed by atoms with Crippen molar-refractivity contribution in [2.24, 2.45) is 5.92 Å². The number of nitrogens with one attached hydrogen (secondary N) is 2. The third-order valence-electron chi connectivity index (χ3n) is 5.27. The molecule has 2 aromatic carbocycles. The fraction of sp³-hybridized carbons (Fsp3) is 0.381. The Bertz CT molecular complexity index is 990. The van der Waals surface area contributed by atoms with E-state index in [4.69, 9.17) is 0 Å². The number of carbonyl (C=O) groups excluding carboxylic acids is 1. The van der Waals surface area contributed by atoms with E-state index in [2.05, 4.69) is 10.6 Å². The van der Waals surface area contributed by atoms with Crippen molar-refractivity contribution in [1.29, 1.82) is 0 Å². The molecule has 0 aromatic heterocycles. The minimum absolute atomic E-state index is 0.227. The normalized spacial score (nSPS) is 16.1. The maximum atomic E-state index is 13.0. The molecule has 2 aromatic rings. The van der Waals surface area contributed by atoms with Gasteiger partial charge in [-0.05, 0) is 49.4 Å². The van der Waals surface area contributed by atoms with Gasteiger partial charge in [0.1, 0.15) is 0 Å². The van der Waals surface area contributed by atoms with Gasteiger partial charge in [-0.1, -0.05) is 30.3 Å². The molecule has 2 N–H and O–H groups in total. The summed E-state index contributed by atoms with van der Waals surface area (Å²) < 4.78 is 65.8. The third-order valence-corrected chi connectivity index (χ3v) is 7.19. The number of sulfonamides is 1. The predicted octanol–water partition coefficient (Wildman–Crippen LogP) is 4.32. The molecule has 1 saturated heterocycles. The highest BCUT2D eigenvalue weighted by Gasteiger charge is 2.33. The van der Waals surface area contributed by atoms with Gasteiger partial charge in [0, 0.05) is 19.6 Å². The van der Waals surface area contributed by atoms with Gasteiger partial charge in [0.2, 0.25) is 10.0 Å². The Morgan fingerprint density at radius 3 is 2.26 bits per heavy atom. The van der Waals surface area contributed by atoms with Gasteiger partial charge in [-0.2, -0.15) is 17.5 Å². The lowest BCUT2D eigenvalue weighted by atomic mass is 9.95. The first-order chi connectivity index (χ1) is 14.7. The van der Waals surface area contributed by atoms with Crippen LogP contribution in [0.5, 0.6) is 0 Å². The monoisotopic (exact) mass is 455 g/mol. The highest BCUT2D eigenvalue weighted by atomic mass is 32.2. The van der Waals surface area contributed by atoms with Gasteiger partial charge in [0.05, 0.1) is 16.1 Å². The molecule has 0 radical (unpaired) electrons. The van der Waals surface area contributed by atoms with Crippen molar-refractivity contribution >= 4 is 21.7 Å². The van der Waals surface area contributed by atoms with Gasteiger partial charge in [0.15, 0.2) is 0 Å². The second-order valence-corrected chi connectivity index (χ2v) is 9.31. The molecule has 2 amide bonds. The predicted molar refractivity (Wildman–Crippen MR) is 111 cm³/mol. The summed E-state index contributed by atoms with van der Waals surface area (Å²) in [5.74, 6) is 0.227. The van der Waals surface area contributed by atoms with Crippen molar-refractivity contribution in [2.45, 2.75) is 30.3 Å². The first-order valence-electron chi connectivity index (χ1n) is 9.94. The first kappa shape index (κ1) is 23.1. The molecule has 1 aliphatic heterocycles. The van der Waals surface area contributed by atoms with Gasteiger partial charge >= 0.3 is 12.2 Å². The van der Waals surface area contributed by atoms with Crippen LogP contribution in [-0.4, -0.2) is 38.4 Å². The average Bonchev–Trinajstić information content (AvgIpc) is 2.74. The smallest absolute Gasteiger partial charge is 0.338 e. The van der Waals surface area contributed by atoms with E-state index in [1.54, 1.807) is 30.3 Å². The molecule has 1 aliphatic rings. The van der Waals surface area contributed by atoms with Crippen molar-refractivity contribution in [3.8, 4) is 0 Å². The number of alkyl halides is 3. The van der Waals surface area contributed by atoms with E-state index in [0.29, 0.717) is 32.4 Å². The molecular formula is C21H24F3N3O3S. The molecule has 0 atom stereocenters. The first-order valence-corrected chi connectivity index (χ1v) is 11.4. The zero-order valence-electron chi connectivity index (χ0n) is 16.7. The number of piperidine rings is 1. The number of amides is 2. The Morgan fingerprint density at radius 2 is 1.61 bits per heavy atom. The molecule has 31 heavy (non-hydrogen) atoms. The van der Waals surface area contributed by atoms with Gasteiger partial charge < -0.3 is 10.6 Å². The fourth-order valence-electron chi connectivity index (χ4n) is 3.58. The van der Waals surface area contributed by atoms with Gasteiger partial charge in [0.25, 0.3) is 0 Å². The highest BCUT2D eigenvalue weighted by Crippen LogP contribution is 2.34. The second kappa shape index (κ2) is 9.69. The summed E-state index contributed by atoms with van der Waals surface area (Å²) in [5.41, 5.74) is -1.20. The lowest BCUT2D eigenvalue weighted by Crippen LogP contribution is -2.39. The van der Waals surface area contributed by atoms with Crippen LogP contribution in [0.3, 0.4) is 0 Å². The standard InChI is InChI=1S/C21H24F3N3O3S/c22-21(23,24)18-8-4-5-9-19(18)26-20(28)25-13-10-16-11-14-27(15-12-16)31(29,30)17-6-2-1-3-7-17/h1-9,16H,10-15H2,(H2,25,26,28). The summed E-state index contributed by atoms with van der Waals surface area (Å²) >= 11 is 0. The Morgan fingerprint density at radius 1 is 1.00 bits per heavy atom. The van der Waals surface area contributed by atoms with Crippen LogP contribution in [0, 0.1) is 5.92 Å². The number of rotatable bonds is 6. The van der Waals surface area contributed by atoms with Crippen molar-refractivity contribution in [1.82, 2.24) is 9.62 Å². The van der Waals surface area contributed by atoms with Crippen molar-refractivity contribution in [3.05, 3.63) is 60.2 Å². The minimum Gasteiger partial charge on any atom is -0.338 e. The van der Waals surface area contributed by atoms with Crippen LogP contribution in [0.25, 0.3) is 0 Å². The van der Waals surface area contributed by atoms with Crippen molar-refractivity contribution in [2.75, 3.05) is 25.0 Å². The molecule has 0 unspecified atom stereocenters. The number of hydrogen-bond donors (Lipinski definition) is 2. The van der Waals surface area contributed by atoms with Gasteiger partial charge in [-0.3, -0.25) is 0 Å². The van der Waals surface area contributed by atoms with Crippen molar-refractivity contribution < 1.29 is 26.4 Å². The zero-order valence-corrected chi connectivity index (χ0v) is 17.5. The largest absolute Gasteiger partial charge is 0.418 e. The SMILES string of the molecule is O=C(NCCC1CCN(S(=O)(=O)c2ccccc2)CC1)Nc1ccccc1C(F)(F)F. The molecule has 1 fully saturated rings. The molecule has 0 saturated carbocycles. The van der Waals surface area contributed by atoms with Crippen LogP contribution >= 0.6 is 0 Å². The fourth-order valence-corrected chi connectivity index (χ4v) is 5.07. The topological polar surface area (TPSA) is 78.5 Å². The molecule has 0 bridgehead atoms. The zero-order chi connectivity index (χ0) is 22.5. The summed E-state index contributed by atoms with van der Waals surface area (Å²) in [4.78, 5) is 12.3. The van der Waals surface area contributed by atoms with Gasteiger partial charge in [-0.15, -0.1) is 0 Å². The molecule has 6 nitrogen and oxygen atoms in total. The van der Waals surface area contributed by atoms with Crippen LogP contribution in [0.4, 0.5) is 23.7 Å². The number of para-hydroxylation sites is 1. The highest BCUT2D eigenvalue weighted by molar-refractivity contribution is 7.89. The lowest BCUT2D eigenvalue weighted by Gasteiger charge is -2.31. The van der Waals surface area contributed by atoms with E-state index in [-0.39, 0.29) is 23.0 Å². The minimum atomic E-state index is -4.56. The number of nitrogens with zero attached hydrogens (tertiary/aromatic N) is 1. The number of hydrogen-bond acceptors (Lipinski definition) is 3. The van der Waals surface area contributed by atoms with E-state index in [1.807, 2.05) is 0 Å². The van der Waals surface area contributed by atoms with E-state index >= 15 is 0 Å². The van der Waals surface area contributed by atoms with Gasteiger partial charge in [-0.25, -0.2) is 13.2 Å². The molecule has 168 valence electrons. The molecular weight excluding hydrogens is 431 g/mol. The quantitative estimate of drug-likeness (QED) is 0.681. The lowest BCUT2D eigenvalue weighted by molar-refractivity contribution is -0.136. The van der Waals surface area contributed by atoms with E-state index in [9.17, 15) is 26.4 Å². The Kier molecular flexibility index (Phi) is 7.22. The summed E-state index contributed by atoms with van der Waals surface area (Å²) in [7, 11) is -3.51. The molecule has 10 heteroatoms. The summed E-state index contributed by atoms with van der Waals surface area (Å²) in [6, 6.07) is 12.3. The Labute approximate surface area is 179 Å². The van der Waals surface area contributed by atoms with Crippen LogP contribution in [-0.2, 0) is 16.2 Å². The molecule has 3 rings (SSSR count). The van der Waals surface area contributed by atoms with Crippen molar-refractivity contribution in [3.63, 3.8) is 0 Å². The van der Waals surface area contributed by atoms with E-state index in [1.165, 1.54) is 22.5 Å². The average molecular weight is 456 g/mol. The number of urea groups is 1. The maximum absolute atomic E-state index is 13.0. The Balaban J connectivity index is 1.44. The third kappa shape index (κ3) is 5.98. The maximum Gasteiger partial charge on any atom is 0.418 e. The van der Waals surface area contributed by atoms with Crippen LogP contribution in [0.15, 0.2) is 59.5 Å². The number of anilines is 1. The second-order valence-electron chi connectivity index (χ2n) is 7.37. The van der Waals surface area contributed by atoms with Crippen LogP contribution in [0.2, 0.25) is 0 Å². The summed E-state index contributed by atoms with van der Waals surface area (Å²) in [5, 5.41) is 4.82. The summed E-state index contributed by atoms with van der Waals surface area (Å²) in [6.07, 6.45) is -2.62. The van der Waals surface area contributed by atoms with Crippen LogP contribution in [0.1, 0.15) is 24.8 Å². The van der Waals surface area contributed by atoms with E-state index < -0.39 is 27.8 Å². The molecule has 0 spiro atoms. The van der Waals surface area contributed by atoms with Crippen LogP contribution < -0.4 is 10.6 Å². The number of benzene rings is 2.